The third kappa shape index (κ3) is 2.33. The predicted molar refractivity (Wildman–Crippen MR) is 79.3 cm³/mol. The summed E-state index contributed by atoms with van der Waals surface area (Å²) >= 11 is 0. The Morgan fingerprint density at radius 1 is 1.14 bits per heavy atom. The number of carbonyl (C=O) groups excluding carboxylic acids is 1. The van der Waals surface area contributed by atoms with Crippen molar-refractivity contribution in [1.29, 1.82) is 0 Å². The zero-order valence-corrected chi connectivity index (χ0v) is 12.1. The maximum absolute atomic E-state index is 12.4. The summed E-state index contributed by atoms with van der Waals surface area (Å²) in [5.41, 5.74) is 4.75. The van der Waals surface area contributed by atoms with Crippen molar-refractivity contribution in [3.05, 3.63) is 35.1 Å². The number of amides is 1. The van der Waals surface area contributed by atoms with Gasteiger partial charge in [0, 0.05) is 24.0 Å². The molecule has 0 N–H and O–H groups in total. The van der Waals surface area contributed by atoms with Gasteiger partial charge < -0.3 is 14.1 Å². The van der Waals surface area contributed by atoms with E-state index in [4.69, 9.17) is 9.15 Å². The Morgan fingerprint density at radius 2 is 1.90 bits per heavy atom. The molecule has 1 saturated heterocycles. The summed E-state index contributed by atoms with van der Waals surface area (Å²) in [5.74, 6) is 0.168. The second-order valence-electron chi connectivity index (χ2n) is 5.90. The van der Waals surface area contributed by atoms with E-state index in [2.05, 4.69) is 12.1 Å². The Balaban J connectivity index is 1.60. The van der Waals surface area contributed by atoms with Crippen LogP contribution in [0, 0.1) is 0 Å². The van der Waals surface area contributed by atoms with E-state index in [0.29, 0.717) is 32.7 Å². The van der Waals surface area contributed by atoms with E-state index in [-0.39, 0.29) is 5.91 Å². The number of nitrogens with zero attached hydrogens (tertiary/aromatic N) is 1. The average molecular weight is 285 g/mol. The molecule has 110 valence electrons. The summed E-state index contributed by atoms with van der Waals surface area (Å²) in [6.45, 7) is 2.69. The number of benzene rings is 1. The average Bonchev–Trinajstić information content (AvgIpc) is 3.13. The third-order valence-corrected chi connectivity index (χ3v) is 4.57. The first kappa shape index (κ1) is 12.9. The second-order valence-corrected chi connectivity index (χ2v) is 5.90. The van der Waals surface area contributed by atoms with Crippen molar-refractivity contribution >= 4 is 16.9 Å². The minimum Gasteiger partial charge on any atom is -0.464 e. The number of carbonyl (C=O) groups is 1. The first-order valence-electron chi connectivity index (χ1n) is 7.68. The minimum atomic E-state index is 0.168. The quantitative estimate of drug-likeness (QED) is 0.850. The Kier molecular flexibility index (Phi) is 3.19. The highest BCUT2D eigenvalue weighted by atomic mass is 16.5. The van der Waals surface area contributed by atoms with Crippen LogP contribution in [0.3, 0.4) is 0 Å². The fourth-order valence-corrected chi connectivity index (χ4v) is 3.37. The number of hydrogen-bond donors (Lipinski definition) is 0. The SMILES string of the molecule is O=C(Cc1coc2cc3c(cc12)CCC3)N1CCOCC1. The van der Waals surface area contributed by atoms with Gasteiger partial charge in [-0.1, -0.05) is 0 Å². The summed E-state index contributed by atoms with van der Waals surface area (Å²) in [6, 6.07) is 4.38. The lowest BCUT2D eigenvalue weighted by Gasteiger charge is -2.26. The molecular weight excluding hydrogens is 266 g/mol. The van der Waals surface area contributed by atoms with Gasteiger partial charge in [-0.15, -0.1) is 0 Å². The Bertz CT molecular complexity index is 683. The molecule has 2 aliphatic rings. The van der Waals surface area contributed by atoms with Crippen LogP contribution in [-0.4, -0.2) is 37.1 Å². The first-order chi connectivity index (χ1) is 10.3. The normalized spacial score (nSPS) is 18.2. The molecule has 2 aromatic rings. The molecule has 1 amide bonds. The number of rotatable bonds is 2. The fraction of sp³-hybridized carbons (Fsp3) is 0.471. The monoisotopic (exact) mass is 285 g/mol. The summed E-state index contributed by atoms with van der Waals surface area (Å²) in [5, 5.41) is 1.11. The minimum absolute atomic E-state index is 0.168. The summed E-state index contributed by atoms with van der Waals surface area (Å²) in [7, 11) is 0. The molecule has 4 nitrogen and oxygen atoms in total. The molecule has 1 fully saturated rings. The number of aryl methyl sites for hydroxylation is 2. The van der Waals surface area contributed by atoms with Crippen molar-refractivity contribution in [1.82, 2.24) is 4.90 Å². The number of furan rings is 1. The van der Waals surface area contributed by atoms with Gasteiger partial charge in [0.2, 0.25) is 5.91 Å². The van der Waals surface area contributed by atoms with E-state index in [9.17, 15) is 4.79 Å². The number of ether oxygens (including phenoxy) is 1. The lowest BCUT2D eigenvalue weighted by molar-refractivity contribution is -0.134. The molecule has 0 unspecified atom stereocenters. The predicted octanol–water partition coefficient (Wildman–Crippen LogP) is 2.32. The second kappa shape index (κ2) is 5.19. The van der Waals surface area contributed by atoms with Gasteiger partial charge in [0.15, 0.2) is 0 Å². The van der Waals surface area contributed by atoms with Gasteiger partial charge in [0.1, 0.15) is 5.58 Å². The van der Waals surface area contributed by atoms with E-state index in [1.165, 1.54) is 17.5 Å². The standard InChI is InChI=1S/C17H19NO3/c19-17(18-4-6-20-7-5-18)10-14-11-21-16-9-13-3-1-2-12(13)8-15(14)16/h8-9,11H,1-7,10H2. The lowest BCUT2D eigenvalue weighted by Crippen LogP contribution is -2.41. The molecule has 1 aromatic carbocycles. The van der Waals surface area contributed by atoms with Gasteiger partial charge in [-0.2, -0.15) is 0 Å². The zero-order valence-electron chi connectivity index (χ0n) is 12.1. The molecular formula is C17H19NO3. The molecule has 0 spiro atoms. The van der Waals surface area contributed by atoms with Gasteiger partial charge in [0.05, 0.1) is 25.9 Å². The lowest BCUT2D eigenvalue weighted by atomic mass is 10.0. The van der Waals surface area contributed by atoms with Crippen molar-refractivity contribution in [2.24, 2.45) is 0 Å². The van der Waals surface area contributed by atoms with Gasteiger partial charge in [-0.3, -0.25) is 4.79 Å². The Morgan fingerprint density at radius 3 is 2.71 bits per heavy atom. The summed E-state index contributed by atoms with van der Waals surface area (Å²) in [4.78, 5) is 14.3. The largest absolute Gasteiger partial charge is 0.464 e. The fourth-order valence-electron chi connectivity index (χ4n) is 3.37. The maximum Gasteiger partial charge on any atom is 0.227 e. The van der Waals surface area contributed by atoms with E-state index < -0.39 is 0 Å². The van der Waals surface area contributed by atoms with Crippen LogP contribution in [0.25, 0.3) is 11.0 Å². The van der Waals surface area contributed by atoms with Crippen molar-refractivity contribution in [2.75, 3.05) is 26.3 Å². The van der Waals surface area contributed by atoms with Crippen LogP contribution >= 0.6 is 0 Å². The summed E-state index contributed by atoms with van der Waals surface area (Å²) < 4.78 is 11.0. The molecule has 4 heteroatoms. The third-order valence-electron chi connectivity index (χ3n) is 4.57. The van der Waals surface area contributed by atoms with Crippen molar-refractivity contribution in [3.63, 3.8) is 0 Å². The van der Waals surface area contributed by atoms with Gasteiger partial charge in [-0.05, 0) is 42.5 Å². The van der Waals surface area contributed by atoms with Crippen molar-refractivity contribution in [2.45, 2.75) is 25.7 Å². The van der Waals surface area contributed by atoms with Crippen molar-refractivity contribution in [3.8, 4) is 0 Å². The van der Waals surface area contributed by atoms with Crippen LogP contribution in [-0.2, 0) is 28.8 Å². The van der Waals surface area contributed by atoms with Crippen LogP contribution < -0.4 is 0 Å². The zero-order chi connectivity index (χ0) is 14.2. The van der Waals surface area contributed by atoms with E-state index in [1.54, 1.807) is 6.26 Å². The highest BCUT2D eigenvalue weighted by molar-refractivity contribution is 5.88. The van der Waals surface area contributed by atoms with Crippen LogP contribution in [0.1, 0.15) is 23.1 Å². The first-order valence-corrected chi connectivity index (χ1v) is 7.68. The van der Waals surface area contributed by atoms with Crippen LogP contribution in [0.4, 0.5) is 0 Å². The molecule has 1 aliphatic carbocycles. The number of morpholine rings is 1. The van der Waals surface area contributed by atoms with Gasteiger partial charge in [0.25, 0.3) is 0 Å². The van der Waals surface area contributed by atoms with Crippen LogP contribution in [0.5, 0.6) is 0 Å². The van der Waals surface area contributed by atoms with Crippen LogP contribution in [0.2, 0.25) is 0 Å². The smallest absolute Gasteiger partial charge is 0.227 e. The van der Waals surface area contributed by atoms with Gasteiger partial charge >= 0.3 is 0 Å². The Hall–Kier alpha value is -1.81. The molecule has 21 heavy (non-hydrogen) atoms. The molecule has 1 aliphatic heterocycles. The summed E-state index contributed by atoms with van der Waals surface area (Å²) in [6.07, 6.45) is 5.69. The molecule has 2 heterocycles. The highest BCUT2D eigenvalue weighted by Crippen LogP contribution is 2.30. The van der Waals surface area contributed by atoms with Gasteiger partial charge in [-0.25, -0.2) is 0 Å². The van der Waals surface area contributed by atoms with Crippen molar-refractivity contribution < 1.29 is 13.9 Å². The number of fused-ring (bicyclic) bond motifs is 2. The topological polar surface area (TPSA) is 42.7 Å². The van der Waals surface area contributed by atoms with Crippen LogP contribution in [0.15, 0.2) is 22.8 Å². The highest BCUT2D eigenvalue weighted by Gasteiger charge is 2.20. The Labute approximate surface area is 123 Å². The maximum atomic E-state index is 12.4. The molecule has 1 aromatic heterocycles. The molecule has 0 atom stereocenters. The van der Waals surface area contributed by atoms with E-state index in [0.717, 1.165) is 29.4 Å². The van der Waals surface area contributed by atoms with E-state index in [1.807, 2.05) is 4.90 Å². The number of hydrogen-bond acceptors (Lipinski definition) is 3. The molecule has 4 rings (SSSR count). The molecule has 0 radical (unpaired) electrons. The van der Waals surface area contributed by atoms with E-state index >= 15 is 0 Å². The molecule has 0 saturated carbocycles. The molecule has 0 bridgehead atoms.